The molecule has 0 saturated carbocycles. The third kappa shape index (κ3) is 9.85. The molecule has 0 spiro atoms. The topological polar surface area (TPSA) is 153 Å². The van der Waals surface area contributed by atoms with Gasteiger partial charge in [-0.15, -0.1) is 10.2 Å². The van der Waals surface area contributed by atoms with Crippen LogP contribution in [0.1, 0.15) is 107 Å². The zero-order valence-electron chi connectivity index (χ0n) is 39.3. The maximum absolute atomic E-state index is 15.0. The molecule has 0 amide bonds. The minimum absolute atomic E-state index is 0.104. The molecular formula is C52H46F8N10O2. The molecule has 372 valence electrons. The van der Waals surface area contributed by atoms with E-state index in [4.69, 9.17) is 0 Å². The molecule has 0 fully saturated rings. The largest absolute Gasteiger partial charge is 0.416 e. The van der Waals surface area contributed by atoms with Gasteiger partial charge in [0.1, 0.15) is 46.1 Å². The first-order valence-corrected chi connectivity index (χ1v) is 23.1. The van der Waals surface area contributed by atoms with Gasteiger partial charge in [0, 0.05) is 36.1 Å². The second-order valence-corrected chi connectivity index (χ2v) is 18.7. The molecule has 2 N–H and O–H groups in total. The predicted molar refractivity (Wildman–Crippen MR) is 250 cm³/mol. The monoisotopic (exact) mass is 994 g/mol. The fourth-order valence-electron chi connectivity index (χ4n) is 9.63. The first-order chi connectivity index (χ1) is 34.1. The minimum Gasteiger partial charge on any atom is -0.310 e. The number of hydrogen-bond acceptors (Lipinski definition) is 8. The van der Waals surface area contributed by atoms with E-state index in [-0.39, 0.29) is 22.2 Å². The van der Waals surface area contributed by atoms with Gasteiger partial charge in [-0.3, -0.25) is 9.59 Å². The second kappa shape index (κ2) is 18.8. The summed E-state index contributed by atoms with van der Waals surface area (Å²) in [6.45, 7) is 7.44. The van der Waals surface area contributed by atoms with Gasteiger partial charge in [0.15, 0.2) is 0 Å². The van der Waals surface area contributed by atoms with Gasteiger partial charge in [0.05, 0.1) is 33.6 Å². The quantitative estimate of drug-likeness (QED) is 0.143. The SMILES string of the molecule is Cc1ccc(Cc2nc(-c3nnn4c3CCC[C@@]4(C)c3ccc(C(F)(F)F)cc3F)cc(=O)[nH]2)cc1.Cc1ccc(Cc2nc(-c3nnn4c3CCC[C@]4(C)c3ccc(C(F)(F)F)cc3F)cc(=O)[nH]2)cc1. The number of aryl methyl sites for hydroxylation is 2. The Bertz CT molecular complexity index is 3210. The third-order valence-electron chi connectivity index (χ3n) is 13.4. The standard InChI is InChI=1S/2C26H23F4N5O/c2*1-15-5-7-16(8-6-15)12-22-31-20(14-23(36)32-22)24-21-4-3-11-25(2,35(21)34-33-24)18-10-9-17(13-19(18)27)26(28,29)30/h2*5-10,13-14H,3-4,11-12H2,1-2H3,(H,31,32,36)/t2*25-/m10/s1. The molecule has 12 nitrogen and oxygen atoms in total. The fourth-order valence-corrected chi connectivity index (χ4v) is 9.63. The summed E-state index contributed by atoms with van der Waals surface area (Å²) < 4.78 is 111. The van der Waals surface area contributed by atoms with E-state index in [9.17, 15) is 44.7 Å². The van der Waals surface area contributed by atoms with Crippen molar-refractivity contribution >= 4 is 0 Å². The van der Waals surface area contributed by atoms with E-state index in [1.165, 1.54) is 24.3 Å². The van der Waals surface area contributed by atoms with Crippen molar-refractivity contribution in [2.45, 2.75) is 102 Å². The Labute approximate surface area is 406 Å². The summed E-state index contributed by atoms with van der Waals surface area (Å²) in [5, 5.41) is 17.1. The Kier molecular flexibility index (Phi) is 12.9. The van der Waals surface area contributed by atoms with Crippen LogP contribution in [-0.2, 0) is 49.1 Å². The first kappa shape index (κ1) is 49.3. The van der Waals surface area contributed by atoms with Crippen LogP contribution in [0.4, 0.5) is 35.1 Å². The Morgan fingerprint density at radius 3 is 1.28 bits per heavy atom. The number of benzene rings is 4. The van der Waals surface area contributed by atoms with Crippen molar-refractivity contribution < 1.29 is 35.1 Å². The van der Waals surface area contributed by atoms with Crippen LogP contribution in [0.5, 0.6) is 0 Å². The van der Waals surface area contributed by atoms with Crippen LogP contribution in [0.25, 0.3) is 22.8 Å². The normalized spacial score (nSPS) is 17.7. The molecule has 2 aliphatic rings. The molecule has 0 aliphatic carbocycles. The molecule has 20 heteroatoms. The van der Waals surface area contributed by atoms with Crippen molar-refractivity contribution in [1.29, 1.82) is 0 Å². The van der Waals surface area contributed by atoms with Crippen molar-refractivity contribution in [2.75, 3.05) is 0 Å². The summed E-state index contributed by atoms with van der Waals surface area (Å²) in [7, 11) is 0. The Morgan fingerprint density at radius 2 is 0.931 bits per heavy atom. The molecule has 2 aliphatic heterocycles. The molecular weight excluding hydrogens is 949 g/mol. The number of rotatable bonds is 8. The maximum atomic E-state index is 15.0. The molecule has 8 aromatic rings. The van der Waals surface area contributed by atoms with Gasteiger partial charge < -0.3 is 9.97 Å². The average Bonchev–Trinajstić information content (AvgIpc) is 3.97. The van der Waals surface area contributed by atoms with Gasteiger partial charge >= 0.3 is 12.4 Å². The summed E-state index contributed by atoms with van der Waals surface area (Å²) in [4.78, 5) is 39.6. The number of halogens is 8. The summed E-state index contributed by atoms with van der Waals surface area (Å²) in [5.74, 6) is -0.968. The van der Waals surface area contributed by atoms with Gasteiger partial charge in [-0.25, -0.2) is 28.1 Å². The molecule has 0 unspecified atom stereocenters. The Balaban J connectivity index is 0.000000178. The minimum atomic E-state index is -4.64. The Hall–Kier alpha value is -7.64. The predicted octanol–water partition coefficient (Wildman–Crippen LogP) is 10.4. The lowest BCUT2D eigenvalue weighted by Gasteiger charge is -2.35. The molecule has 6 heterocycles. The van der Waals surface area contributed by atoms with E-state index in [2.05, 4.69) is 40.6 Å². The molecule has 2 atom stereocenters. The van der Waals surface area contributed by atoms with Gasteiger partial charge in [-0.2, -0.15) is 26.3 Å². The maximum Gasteiger partial charge on any atom is 0.416 e. The van der Waals surface area contributed by atoms with E-state index in [0.29, 0.717) is 109 Å². The van der Waals surface area contributed by atoms with E-state index in [0.717, 1.165) is 34.4 Å². The lowest BCUT2D eigenvalue weighted by Crippen LogP contribution is -2.38. The molecule has 4 aromatic heterocycles. The zero-order chi connectivity index (χ0) is 51.3. The lowest BCUT2D eigenvalue weighted by molar-refractivity contribution is -0.138. The third-order valence-corrected chi connectivity index (χ3v) is 13.4. The summed E-state index contributed by atoms with van der Waals surface area (Å²) >= 11 is 0. The van der Waals surface area contributed by atoms with Gasteiger partial charge in [0.25, 0.3) is 11.1 Å². The number of nitrogens with one attached hydrogen (secondary N) is 2. The number of H-pyrrole nitrogens is 2. The van der Waals surface area contributed by atoms with Crippen LogP contribution >= 0.6 is 0 Å². The van der Waals surface area contributed by atoms with Crippen LogP contribution < -0.4 is 11.1 Å². The highest BCUT2D eigenvalue weighted by molar-refractivity contribution is 5.58. The van der Waals surface area contributed by atoms with Gasteiger partial charge in [0.2, 0.25) is 0 Å². The van der Waals surface area contributed by atoms with Crippen molar-refractivity contribution in [2.24, 2.45) is 0 Å². The van der Waals surface area contributed by atoms with Crippen molar-refractivity contribution in [3.05, 3.63) is 197 Å². The fraction of sp³-hybridized carbons (Fsp3) is 0.308. The van der Waals surface area contributed by atoms with Gasteiger partial charge in [-0.05, 0) is 102 Å². The highest BCUT2D eigenvalue weighted by Gasteiger charge is 2.42. The van der Waals surface area contributed by atoms with E-state index >= 15 is 0 Å². The van der Waals surface area contributed by atoms with Crippen molar-refractivity contribution in [3.8, 4) is 22.8 Å². The zero-order valence-corrected chi connectivity index (χ0v) is 39.3. The van der Waals surface area contributed by atoms with E-state index < -0.39 is 46.2 Å². The highest BCUT2D eigenvalue weighted by Crippen LogP contribution is 2.43. The molecule has 72 heavy (non-hydrogen) atoms. The molecule has 4 aromatic carbocycles. The van der Waals surface area contributed by atoms with Crippen LogP contribution in [0.15, 0.2) is 107 Å². The van der Waals surface area contributed by atoms with E-state index in [1.54, 1.807) is 23.2 Å². The average molecular weight is 995 g/mol. The van der Waals surface area contributed by atoms with Crippen LogP contribution in [0.2, 0.25) is 0 Å². The first-order valence-electron chi connectivity index (χ1n) is 23.1. The molecule has 0 radical (unpaired) electrons. The van der Waals surface area contributed by atoms with Crippen LogP contribution in [-0.4, -0.2) is 49.9 Å². The van der Waals surface area contributed by atoms with Crippen molar-refractivity contribution in [1.82, 2.24) is 49.9 Å². The lowest BCUT2D eigenvalue weighted by atomic mass is 9.82. The number of hydrogen-bond donors (Lipinski definition) is 2. The number of aromatic amines is 2. The van der Waals surface area contributed by atoms with Crippen molar-refractivity contribution in [3.63, 3.8) is 0 Å². The van der Waals surface area contributed by atoms with Crippen LogP contribution in [0.3, 0.4) is 0 Å². The smallest absolute Gasteiger partial charge is 0.310 e. The highest BCUT2D eigenvalue weighted by atomic mass is 19.4. The number of aromatic nitrogens is 10. The number of fused-ring (bicyclic) bond motifs is 2. The van der Waals surface area contributed by atoms with Crippen LogP contribution in [0, 0.1) is 25.5 Å². The second-order valence-electron chi connectivity index (χ2n) is 18.7. The molecule has 0 bridgehead atoms. The Morgan fingerprint density at radius 1 is 0.556 bits per heavy atom. The van der Waals surface area contributed by atoms with E-state index in [1.807, 2.05) is 62.4 Å². The summed E-state index contributed by atoms with van der Waals surface area (Å²) in [5.41, 5.74) is 2.39. The summed E-state index contributed by atoms with van der Waals surface area (Å²) in [6.07, 6.45) is -5.12. The molecule has 10 rings (SSSR count). The number of nitrogens with zero attached hydrogens (tertiary/aromatic N) is 8. The summed E-state index contributed by atoms with van der Waals surface area (Å²) in [6, 6.07) is 23.6. The molecule has 0 saturated heterocycles. The number of alkyl halides is 6. The van der Waals surface area contributed by atoms with Gasteiger partial charge in [-0.1, -0.05) is 82.2 Å².